The molecule has 29 heteroatoms. The third kappa shape index (κ3) is 13.0. The lowest BCUT2D eigenvalue weighted by atomic mass is 9.94. The van der Waals surface area contributed by atoms with E-state index in [9.17, 15) is 91.0 Å². The maximum atomic E-state index is 12.5. The van der Waals surface area contributed by atoms with E-state index in [0.29, 0.717) is 0 Å². The fourth-order valence-corrected chi connectivity index (χ4v) is 7.84. The van der Waals surface area contributed by atoms with Gasteiger partial charge in [0, 0.05) is 20.8 Å². The van der Waals surface area contributed by atoms with E-state index in [0.717, 1.165) is 20.8 Å². The highest BCUT2D eigenvalue weighted by atomic mass is 16.8. The summed E-state index contributed by atoms with van der Waals surface area (Å²) in [5, 5.41) is 166. The Morgan fingerprint density at radius 3 is 1.43 bits per heavy atom. The fourth-order valence-electron chi connectivity index (χ4n) is 7.84. The molecule has 0 radical (unpaired) electrons. The molecule has 378 valence electrons. The van der Waals surface area contributed by atoms with Gasteiger partial charge in [-0.25, -0.2) is 0 Å². The van der Waals surface area contributed by atoms with Crippen LogP contribution in [0, 0.1) is 0 Å². The molecule has 0 saturated carbocycles. The average molecular weight is 954 g/mol. The minimum Gasteiger partial charge on any atom is -0.394 e. The lowest BCUT2D eigenvalue weighted by molar-refractivity contribution is -0.379. The highest BCUT2D eigenvalue weighted by Gasteiger charge is 2.56. The van der Waals surface area contributed by atoms with Crippen molar-refractivity contribution in [2.45, 2.75) is 168 Å². The van der Waals surface area contributed by atoms with Gasteiger partial charge in [-0.05, 0) is 0 Å². The first-order valence-corrected chi connectivity index (χ1v) is 20.5. The minimum absolute atomic E-state index is 0.712. The molecule has 0 unspecified atom stereocenters. The zero-order valence-corrected chi connectivity index (χ0v) is 35.3. The van der Waals surface area contributed by atoms with Crippen molar-refractivity contribution in [3.63, 3.8) is 0 Å². The number of aliphatic hydroxyl groups excluding tert-OH is 15. The highest BCUT2D eigenvalue weighted by molar-refractivity contribution is 5.74. The van der Waals surface area contributed by atoms with Gasteiger partial charge in [-0.2, -0.15) is 0 Å². The number of aliphatic hydroxyl groups is 15. The van der Waals surface area contributed by atoms with E-state index >= 15 is 0 Å². The van der Waals surface area contributed by atoms with Crippen LogP contribution >= 0.6 is 0 Å². The van der Waals surface area contributed by atoms with Gasteiger partial charge in [0.25, 0.3) is 0 Å². The van der Waals surface area contributed by atoms with Crippen LogP contribution in [0.5, 0.6) is 0 Å². The van der Waals surface area contributed by atoms with Crippen molar-refractivity contribution < 1.29 is 129 Å². The van der Waals surface area contributed by atoms with Gasteiger partial charge in [-0.3, -0.25) is 14.4 Å². The molecule has 0 aromatic rings. The lowest BCUT2D eigenvalue weighted by Crippen LogP contribution is -2.70. The Bertz CT molecular complexity index is 1510. The highest BCUT2D eigenvalue weighted by Crippen LogP contribution is 2.35. The summed E-state index contributed by atoms with van der Waals surface area (Å²) in [4.78, 5) is 36.3. The van der Waals surface area contributed by atoms with E-state index < -0.39 is 204 Å². The molecule has 4 rings (SSSR count). The Morgan fingerprint density at radius 2 is 0.938 bits per heavy atom. The van der Waals surface area contributed by atoms with Crippen LogP contribution in [0.15, 0.2) is 0 Å². The second-order valence-corrected chi connectivity index (χ2v) is 15.9. The number of rotatable bonds is 20. The van der Waals surface area contributed by atoms with Crippen molar-refractivity contribution in [1.29, 1.82) is 0 Å². The fraction of sp³-hybridized carbons (Fsp3) is 0.917. The quantitative estimate of drug-likeness (QED) is 0.0539. The van der Waals surface area contributed by atoms with Crippen LogP contribution < -0.4 is 16.0 Å². The molecule has 0 bridgehead atoms. The molecular formula is C36H63N3O26. The van der Waals surface area contributed by atoms with E-state index in [1.165, 1.54) is 0 Å². The Hall–Kier alpha value is -2.51. The Kier molecular flexibility index (Phi) is 20.9. The molecule has 0 aliphatic carbocycles. The predicted molar refractivity (Wildman–Crippen MR) is 204 cm³/mol. The standard InChI is InChI=1S/C36H63N3O26/c1-10(46)37-13(4-40)29(21(50)14(49)5-41)62-36-28(57)32(23(52)16(7-43)59-36)65-34-20(39-12(3)48)25(54)30(17(8-44)60-34)64-35-27(56)26(55)31(18(9-45)61-35)63-33-19(38-11(2)47)24(53)22(51)15(6-42)58-33/h13-36,40-45,49-57H,4-9H2,1-3H3,(H,37,46)(H,38,47)(H,39,48)/t13-,14+,15+,16+,17+,18+,19+,20+,21-,22+,23-,24+,25+,26+,27+,28+,29+,30+,31-,32-,33+,34-,35-,36-/m0/s1. The first-order valence-electron chi connectivity index (χ1n) is 20.5. The van der Waals surface area contributed by atoms with Gasteiger partial charge in [0.1, 0.15) is 116 Å². The lowest BCUT2D eigenvalue weighted by Gasteiger charge is -2.50. The first kappa shape index (κ1) is 55.1. The monoisotopic (exact) mass is 953 g/mol. The third-order valence-corrected chi connectivity index (χ3v) is 11.2. The number of carbonyl (C=O) groups excluding carboxylic acids is 3. The van der Waals surface area contributed by atoms with Crippen molar-refractivity contribution in [3.05, 3.63) is 0 Å². The molecule has 18 N–H and O–H groups in total. The summed E-state index contributed by atoms with van der Waals surface area (Å²) in [6, 6.07) is -4.78. The van der Waals surface area contributed by atoms with Crippen molar-refractivity contribution >= 4 is 17.7 Å². The van der Waals surface area contributed by atoms with Gasteiger partial charge >= 0.3 is 0 Å². The number of nitrogens with one attached hydrogen (secondary N) is 3. The molecule has 4 fully saturated rings. The number of hydrogen-bond acceptors (Lipinski definition) is 26. The van der Waals surface area contributed by atoms with Gasteiger partial charge in [-0.15, -0.1) is 0 Å². The van der Waals surface area contributed by atoms with Crippen LogP contribution in [-0.2, 0) is 52.3 Å². The van der Waals surface area contributed by atoms with Crippen molar-refractivity contribution in [2.24, 2.45) is 0 Å². The number of amides is 3. The molecule has 29 nitrogen and oxygen atoms in total. The van der Waals surface area contributed by atoms with E-state index in [1.54, 1.807) is 0 Å². The molecule has 0 aromatic carbocycles. The van der Waals surface area contributed by atoms with Crippen LogP contribution in [0.25, 0.3) is 0 Å². The van der Waals surface area contributed by atoms with Crippen LogP contribution in [0.2, 0.25) is 0 Å². The SMILES string of the molecule is CC(=O)N[C@H]1[C@H](O[C@H]2[C@@H](O)[C@@H](CO)O[C@@H](O[C@@H]([C@@H](O)[C@H](O)CO)[C@H](CO)NC(C)=O)[C@@H]2O)O[C@H](CO)[C@@H](O[C@@H]2O[C@H](CO)[C@H](O[C@H]3O[C@H](CO)[C@@H](O)[C@H](O)[C@H]3NC(C)=O)[C@H](O)[C@H]2O)[C@@H]1O. The zero-order chi connectivity index (χ0) is 48.6. The molecule has 4 aliphatic rings. The number of carbonyl (C=O) groups is 3. The van der Waals surface area contributed by atoms with Crippen LogP contribution in [0.1, 0.15) is 20.8 Å². The van der Waals surface area contributed by atoms with Crippen LogP contribution in [0.4, 0.5) is 0 Å². The second kappa shape index (κ2) is 24.7. The summed E-state index contributed by atoms with van der Waals surface area (Å²) in [6.07, 6.45) is -39.4. The van der Waals surface area contributed by atoms with Crippen LogP contribution in [-0.4, -0.2) is 281 Å². The van der Waals surface area contributed by atoms with Crippen LogP contribution in [0.3, 0.4) is 0 Å². The number of ether oxygens (including phenoxy) is 8. The van der Waals surface area contributed by atoms with Gasteiger partial charge in [-0.1, -0.05) is 0 Å². The summed E-state index contributed by atoms with van der Waals surface area (Å²) in [6.45, 7) is -2.65. The van der Waals surface area contributed by atoms with Gasteiger partial charge in [0.2, 0.25) is 17.7 Å². The van der Waals surface area contributed by atoms with Gasteiger partial charge < -0.3 is 130 Å². The predicted octanol–water partition coefficient (Wildman–Crippen LogP) is -11.9. The van der Waals surface area contributed by atoms with E-state index in [-0.39, 0.29) is 0 Å². The molecule has 4 aliphatic heterocycles. The van der Waals surface area contributed by atoms with Crippen molar-refractivity contribution in [1.82, 2.24) is 16.0 Å². The Labute approximate surface area is 369 Å². The summed E-state index contributed by atoms with van der Waals surface area (Å²) in [5.41, 5.74) is 0. The smallest absolute Gasteiger partial charge is 0.217 e. The van der Waals surface area contributed by atoms with E-state index in [1.807, 2.05) is 0 Å². The molecule has 0 spiro atoms. The molecular weight excluding hydrogens is 890 g/mol. The zero-order valence-electron chi connectivity index (χ0n) is 35.3. The molecule has 3 amide bonds. The van der Waals surface area contributed by atoms with Crippen molar-refractivity contribution in [3.8, 4) is 0 Å². The summed E-state index contributed by atoms with van der Waals surface area (Å²) >= 11 is 0. The summed E-state index contributed by atoms with van der Waals surface area (Å²) in [5.74, 6) is -2.29. The molecule has 0 aromatic heterocycles. The Morgan fingerprint density at radius 1 is 0.492 bits per heavy atom. The molecule has 24 atom stereocenters. The maximum Gasteiger partial charge on any atom is 0.217 e. The molecule has 4 heterocycles. The molecule has 65 heavy (non-hydrogen) atoms. The second-order valence-electron chi connectivity index (χ2n) is 15.9. The Balaban J connectivity index is 1.57. The van der Waals surface area contributed by atoms with Gasteiger partial charge in [0.05, 0.1) is 45.7 Å². The van der Waals surface area contributed by atoms with E-state index in [4.69, 9.17) is 37.9 Å². The minimum atomic E-state index is -2.17. The summed E-state index contributed by atoms with van der Waals surface area (Å²) < 4.78 is 45.7. The largest absolute Gasteiger partial charge is 0.394 e. The average Bonchev–Trinajstić information content (AvgIpc) is 3.26. The summed E-state index contributed by atoms with van der Waals surface area (Å²) in [7, 11) is 0. The van der Waals surface area contributed by atoms with E-state index in [2.05, 4.69) is 16.0 Å². The normalized spacial score (nSPS) is 42.0. The van der Waals surface area contributed by atoms with Gasteiger partial charge in [0.15, 0.2) is 25.2 Å². The third-order valence-electron chi connectivity index (χ3n) is 11.2. The molecule has 4 saturated heterocycles. The number of hydrogen-bond donors (Lipinski definition) is 18. The first-order chi connectivity index (χ1) is 30.7. The maximum absolute atomic E-state index is 12.5. The topological polar surface area (TPSA) is 465 Å². The van der Waals surface area contributed by atoms with Crippen molar-refractivity contribution in [2.75, 3.05) is 39.6 Å².